The van der Waals surface area contributed by atoms with E-state index in [0.29, 0.717) is 29.2 Å². The molecule has 3 aliphatic rings. The summed E-state index contributed by atoms with van der Waals surface area (Å²) in [7, 11) is 1.70. The molecule has 4 heterocycles. The van der Waals surface area contributed by atoms with Gasteiger partial charge in [-0.3, -0.25) is 9.78 Å². The number of piperidine rings is 1. The molecule has 4 atom stereocenters. The number of alkyl halides is 1. The second-order valence-electron chi connectivity index (χ2n) is 9.79. The lowest BCUT2D eigenvalue weighted by Gasteiger charge is -2.41. The summed E-state index contributed by atoms with van der Waals surface area (Å²) in [6, 6.07) is 9.14. The van der Waals surface area contributed by atoms with Gasteiger partial charge in [0.1, 0.15) is 17.7 Å². The molecular formula is C26H28FN5O2. The van der Waals surface area contributed by atoms with Gasteiger partial charge in [0.05, 0.1) is 24.1 Å². The molecule has 176 valence electrons. The van der Waals surface area contributed by atoms with Crippen LogP contribution in [0.2, 0.25) is 0 Å². The molecule has 2 N–H and O–H groups in total. The largest absolute Gasteiger partial charge is 0.507 e. The predicted molar refractivity (Wildman–Crippen MR) is 129 cm³/mol. The first-order valence-electron chi connectivity index (χ1n) is 12.0. The fourth-order valence-electron chi connectivity index (χ4n) is 5.47. The van der Waals surface area contributed by atoms with Crippen LogP contribution >= 0.6 is 0 Å². The molecule has 0 unspecified atom stereocenters. The Bertz CT molecular complexity index is 1270. The first-order chi connectivity index (χ1) is 16.5. The fraction of sp³-hybridized carbons (Fsp3) is 0.423. The molecule has 3 fully saturated rings. The van der Waals surface area contributed by atoms with Crippen molar-refractivity contribution in [1.82, 2.24) is 19.9 Å². The molecule has 2 saturated heterocycles. The SMILES string of the molecule is Cn1ccc(-c2ccc(-c3cnc(N(C4CC4)[C@H]4C[C@@H]5CC[C@@H](N5)[C@H]4F)cn3)c(O)c2)cc1=O. The summed E-state index contributed by atoms with van der Waals surface area (Å²) >= 11 is 0. The van der Waals surface area contributed by atoms with Gasteiger partial charge in [0.2, 0.25) is 0 Å². The molecule has 0 amide bonds. The van der Waals surface area contributed by atoms with E-state index < -0.39 is 6.17 Å². The van der Waals surface area contributed by atoms with Crippen molar-refractivity contribution in [3.05, 3.63) is 59.3 Å². The summed E-state index contributed by atoms with van der Waals surface area (Å²) in [6.45, 7) is 0. The van der Waals surface area contributed by atoms with Crippen molar-refractivity contribution in [2.45, 2.75) is 62.4 Å². The quantitative estimate of drug-likeness (QED) is 0.606. The number of phenols is 1. The molecule has 6 rings (SSSR count). The van der Waals surface area contributed by atoms with Crippen LogP contribution in [-0.4, -0.2) is 50.0 Å². The highest BCUT2D eigenvalue weighted by molar-refractivity contribution is 5.74. The van der Waals surface area contributed by atoms with Crippen molar-refractivity contribution in [3.63, 3.8) is 0 Å². The third kappa shape index (κ3) is 3.76. The molecule has 7 nitrogen and oxygen atoms in total. The minimum atomic E-state index is -0.910. The van der Waals surface area contributed by atoms with Gasteiger partial charge in [-0.05, 0) is 61.4 Å². The summed E-state index contributed by atoms with van der Waals surface area (Å²) in [4.78, 5) is 23.4. The van der Waals surface area contributed by atoms with Gasteiger partial charge < -0.3 is 19.9 Å². The van der Waals surface area contributed by atoms with E-state index in [4.69, 9.17) is 0 Å². The lowest BCUT2D eigenvalue weighted by Crippen LogP contribution is -2.57. The molecule has 1 aromatic carbocycles. The monoisotopic (exact) mass is 461 g/mol. The lowest BCUT2D eigenvalue weighted by atomic mass is 9.96. The molecule has 8 heteroatoms. The number of hydrogen-bond acceptors (Lipinski definition) is 6. The maximum Gasteiger partial charge on any atom is 0.250 e. The van der Waals surface area contributed by atoms with Gasteiger partial charge in [-0.1, -0.05) is 6.07 Å². The Hall–Kier alpha value is -3.26. The zero-order valence-corrected chi connectivity index (χ0v) is 19.1. The Labute approximate surface area is 197 Å². The van der Waals surface area contributed by atoms with E-state index in [1.165, 1.54) is 4.57 Å². The third-order valence-corrected chi connectivity index (χ3v) is 7.47. The summed E-state index contributed by atoms with van der Waals surface area (Å²) in [6.07, 6.45) is 9.00. The van der Waals surface area contributed by atoms with E-state index in [0.717, 1.165) is 43.2 Å². The van der Waals surface area contributed by atoms with Crippen molar-refractivity contribution in [3.8, 4) is 28.1 Å². The highest BCUT2D eigenvalue weighted by atomic mass is 19.1. The molecule has 2 bridgehead atoms. The molecule has 0 radical (unpaired) electrons. The zero-order valence-electron chi connectivity index (χ0n) is 19.1. The molecule has 3 aromatic rings. The number of aromatic nitrogens is 3. The molecule has 0 spiro atoms. The van der Waals surface area contributed by atoms with Gasteiger partial charge in [0.25, 0.3) is 5.56 Å². The van der Waals surface area contributed by atoms with Crippen LogP contribution in [0.3, 0.4) is 0 Å². The van der Waals surface area contributed by atoms with Crippen LogP contribution in [0.4, 0.5) is 10.2 Å². The minimum absolute atomic E-state index is 0.0579. The first kappa shape index (κ1) is 21.3. The Morgan fingerprint density at radius 2 is 1.91 bits per heavy atom. The van der Waals surface area contributed by atoms with Crippen LogP contribution in [0.1, 0.15) is 32.1 Å². The number of phenolic OH excluding ortho intramolecular Hbond substituents is 1. The lowest BCUT2D eigenvalue weighted by molar-refractivity contribution is 0.171. The zero-order chi connectivity index (χ0) is 23.4. The molecule has 1 saturated carbocycles. The second kappa shape index (κ2) is 8.20. The highest BCUT2D eigenvalue weighted by Gasteiger charge is 2.48. The van der Waals surface area contributed by atoms with Gasteiger partial charge in [-0.25, -0.2) is 9.37 Å². The van der Waals surface area contributed by atoms with Crippen LogP contribution in [-0.2, 0) is 7.05 Å². The number of aryl methyl sites for hydroxylation is 1. The molecule has 34 heavy (non-hydrogen) atoms. The van der Waals surface area contributed by atoms with Gasteiger partial charge in [-0.2, -0.15) is 0 Å². The Morgan fingerprint density at radius 1 is 1.09 bits per heavy atom. The standard InChI is InChI=1S/C26H28FN5O2/c1-31-9-8-16(11-25(31)34)15-2-6-19(23(33)10-15)21-13-29-24(14-28-21)32(18-4-5-18)22-12-17-3-7-20(30-17)26(22)27/h2,6,8-11,13-14,17-18,20,22,26,30,33H,3-5,7,12H2,1H3/t17-,20+,22-,26+/m0/s1. The number of benzene rings is 1. The number of anilines is 1. The minimum Gasteiger partial charge on any atom is -0.507 e. The maximum absolute atomic E-state index is 15.3. The summed E-state index contributed by atoms with van der Waals surface area (Å²) < 4.78 is 16.8. The highest BCUT2D eigenvalue weighted by Crippen LogP contribution is 2.40. The second-order valence-corrected chi connectivity index (χ2v) is 9.79. The number of halogens is 1. The fourth-order valence-corrected chi connectivity index (χ4v) is 5.47. The number of nitrogens with zero attached hydrogens (tertiary/aromatic N) is 4. The molecule has 1 aliphatic carbocycles. The summed E-state index contributed by atoms with van der Waals surface area (Å²) in [5, 5.41) is 14.1. The van der Waals surface area contributed by atoms with Crippen molar-refractivity contribution in [1.29, 1.82) is 0 Å². The van der Waals surface area contributed by atoms with Crippen molar-refractivity contribution < 1.29 is 9.50 Å². The van der Waals surface area contributed by atoms with Crippen LogP contribution in [0.15, 0.2) is 53.7 Å². The van der Waals surface area contributed by atoms with E-state index in [1.54, 1.807) is 43.8 Å². The van der Waals surface area contributed by atoms with Gasteiger partial charge in [0, 0.05) is 43.0 Å². The van der Waals surface area contributed by atoms with E-state index in [2.05, 4.69) is 20.2 Å². The first-order valence-corrected chi connectivity index (χ1v) is 12.0. The molecule has 2 aromatic heterocycles. The topological polar surface area (TPSA) is 83.3 Å². The van der Waals surface area contributed by atoms with Crippen LogP contribution in [0.25, 0.3) is 22.4 Å². The number of hydrogen-bond donors (Lipinski definition) is 2. The third-order valence-electron chi connectivity index (χ3n) is 7.47. The van der Waals surface area contributed by atoms with Crippen LogP contribution < -0.4 is 15.8 Å². The molecular weight excluding hydrogens is 433 g/mol. The van der Waals surface area contributed by atoms with E-state index in [-0.39, 0.29) is 23.4 Å². The van der Waals surface area contributed by atoms with Gasteiger partial charge in [-0.15, -0.1) is 0 Å². The van der Waals surface area contributed by atoms with Gasteiger partial charge in [0.15, 0.2) is 0 Å². The number of aromatic hydroxyl groups is 1. The summed E-state index contributed by atoms with van der Waals surface area (Å²) in [5.41, 5.74) is 2.49. The molecule has 2 aliphatic heterocycles. The van der Waals surface area contributed by atoms with E-state index in [1.807, 2.05) is 12.1 Å². The number of nitrogens with one attached hydrogen (secondary N) is 1. The van der Waals surface area contributed by atoms with E-state index in [9.17, 15) is 9.90 Å². The predicted octanol–water partition coefficient (Wildman–Crippen LogP) is 3.41. The average Bonchev–Trinajstić information content (AvgIpc) is 3.59. The van der Waals surface area contributed by atoms with Crippen LogP contribution in [0, 0.1) is 0 Å². The Kier molecular flexibility index (Phi) is 5.13. The summed E-state index contributed by atoms with van der Waals surface area (Å²) in [5.74, 6) is 0.773. The maximum atomic E-state index is 15.3. The number of fused-ring (bicyclic) bond motifs is 2. The van der Waals surface area contributed by atoms with Crippen LogP contribution in [0.5, 0.6) is 5.75 Å². The van der Waals surface area contributed by atoms with Crippen molar-refractivity contribution in [2.75, 3.05) is 4.90 Å². The van der Waals surface area contributed by atoms with E-state index >= 15 is 4.39 Å². The van der Waals surface area contributed by atoms with Crippen molar-refractivity contribution >= 4 is 5.82 Å². The number of rotatable bonds is 5. The smallest absolute Gasteiger partial charge is 0.250 e. The van der Waals surface area contributed by atoms with Crippen molar-refractivity contribution in [2.24, 2.45) is 7.05 Å². The Balaban J connectivity index is 1.26. The number of pyridine rings is 1. The normalized spacial score (nSPS) is 25.9. The Morgan fingerprint density at radius 3 is 2.62 bits per heavy atom. The average molecular weight is 462 g/mol. The van der Waals surface area contributed by atoms with Gasteiger partial charge >= 0.3 is 0 Å².